The van der Waals surface area contributed by atoms with E-state index >= 15 is 0 Å². The van der Waals surface area contributed by atoms with Gasteiger partial charge in [0, 0.05) is 12.1 Å². The largest absolute Gasteiger partial charge is 0.489 e. The summed E-state index contributed by atoms with van der Waals surface area (Å²) in [5, 5.41) is 0. The van der Waals surface area contributed by atoms with Crippen molar-refractivity contribution in [3.8, 4) is 5.75 Å². The van der Waals surface area contributed by atoms with E-state index in [-0.39, 0.29) is 6.10 Å². The molecule has 0 spiro atoms. The van der Waals surface area contributed by atoms with E-state index in [4.69, 9.17) is 15.2 Å². The molecule has 1 aromatic carbocycles. The predicted octanol–water partition coefficient (Wildman–Crippen LogP) is 2.85. The van der Waals surface area contributed by atoms with Crippen molar-refractivity contribution in [2.75, 3.05) is 6.61 Å². The van der Waals surface area contributed by atoms with Crippen molar-refractivity contribution < 1.29 is 9.47 Å². The molecule has 3 nitrogen and oxygen atoms in total. The number of hydrogen-bond donors (Lipinski definition) is 1. The van der Waals surface area contributed by atoms with Gasteiger partial charge in [0.15, 0.2) is 0 Å². The van der Waals surface area contributed by atoms with Crippen LogP contribution >= 0.6 is 15.9 Å². The van der Waals surface area contributed by atoms with Crippen LogP contribution < -0.4 is 10.5 Å². The fraction of sp³-hybridized carbons (Fsp3) is 0.538. The molecular weight excluding hydrogens is 282 g/mol. The third kappa shape index (κ3) is 3.21. The van der Waals surface area contributed by atoms with Crippen LogP contribution in [0.3, 0.4) is 0 Å². The summed E-state index contributed by atoms with van der Waals surface area (Å²) in [4.78, 5) is 0. The molecule has 2 atom stereocenters. The summed E-state index contributed by atoms with van der Waals surface area (Å²) in [7, 11) is 0. The van der Waals surface area contributed by atoms with Crippen molar-refractivity contribution in [3.05, 3.63) is 28.2 Å². The van der Waals surface area contributed by atoms with Gasteiger partial charge in [-0.2, -0.15) is 0 Å². The van der Waals surface area contributed by atoms with Gasteiger partial charge in [-0.1, -0.05) is 12.1 Å². The average molecular weight is 300 g/mol. The van der Waals surface area contributed by atoms with E-state index in [9.17, 15) is 0 Å². The van der Waals surface area contributed by atoms with Crippen LogP contribution in [0.1, 0.15) is 25.3 Å². The zero-order valence-electron chi connectivity index (χ0n) is 9.99. The Morgan fingerprint density at radius 1 is 1.47 bits per heavy atom. The molecule has 0 amide bonds. The molecule has 1 fully saturated rings. The first-order chi connectivity index (χ1) is 8.20. The lowest BCUT2D eigenvalue weighted by atomic mass is 10.2. The maximum absolute atomic E-state index is 5.84. The van der Waals surface area contributed by atoms with Crippen LogP contribution in [0, 0.1) is 0 Å². The second-order valence-corrected chi connectivity index (χ2v) is 5.24. The first-order valence-corrected chi connectivity index (χ1v) is 6.75. The second-order valence-electron chi connectivity index (χ2n) is 4.39. The highest BCUT2D eigenvalue weighted by Crippen LogP contribution is 2.30. The zero-order valence-corrected chi connectivity index (χ0v) is 11.6. The molecule has 1 aliphatic rings. The maximum atomic E-state index is 5.84. The highest BCUT2D eigenvalue weighted by atomic mass is 79.9. The standard InChI is InChI=1S/C13H18BrNO2/c1-9-5-6-11(17-9)8-16-13-10(7-15)3-2-4-12(13)14/h2-4,9,11H,5-8,15H2,1H3. The second kappa shape index (κ2) is 5.85. The third-order valence-corrected chi connectivity index (χ3v) is 3.63. The molecule has 17 heavy (non-hydrogen) atoms. The summed E-state index contributed by atoms with van der Waals surface area (Å²) >= 11 is 3.49. The summed E-state index contributed by atoms with van der Waals surface area (Å²) in [6.45, 7) is 3.18. The average Bonchev–Trinajstić information content (AvgIpc) is 2.73. The fourth-order valence-electron chi connectivity index (χ4n) is 2.06. The summed E-state index contributed by atoms with van der Waals surface area (Å²) in [6.07, 6.45) is 2.76. The molecule has 94 valence electrons. The number of para-hydroxylation sites is 1. The first-order valence-electron chi connectivity index (χ1n) is 5.96. The molecule has 2 N–H and O–H groups in total. The van der Waals surface area contributed by atoms with Crippen LogP contribution in [-0.2, 0) is 11.3 Å². The first kappa shape index (κ1) is 12.9. The number of hydrogen-bond acceptors (Lipinski definition) is 3. The third-order valence-electron chi connectivity index (χ3n) is 3.00. The fourth-order valence-corrected chi connectivity index (χ4v) is 2.58. The molecule has 0 aliphatic carbocycles. The molecule has 1 aliphatic heterocycles. The summed E-state index contributed by atoms with van der Waals surface area (Å²) < 4.78 is 12.5. The lowest BCUT2D eigenvalue weighted by molar-refractivity contribution is 0.0261. The molecule has 1 saturated heterocycles. The van der Waals surface area contributed by atoms with Crippen molar-refractivity contribution in [1.82, 2.24) is 0 Å². The van der Waals surface area contributed by atoms with E-state index in [0.29, 0.717) is 19.3 Å². The highest BCUT2D eigenvalue weighted by Gasteiger charge is 2.22. The van der Waals surface area contributed by atoms with Gasteiger partial charge in [-0.15, -0.1) is 0 Å². The maximum Gasteiger partial charge on any atom is 0.138 e. The Kier molecular flexibility index (Phi) is 4.42. The van der Waals surface area contributed by atoms with Gasteiger partial charge in [0.1, 0.15) is 12.4 Å². The van der Waals surface area contributed by atoms with Gasteiger partial charge in [0.05, 0.1) is 16.7 Å². The van der Waals surface area contributed by atoms with Crippen LogP contribution in [0.2, 0.25) is 0 Å². The van der Waals surface area contributed by atoms with Gasteiger partial charge in [-0.05, 0) is 41.8 Å². The molecular formula is C13H18BrNO2. The van der Waals surface area contributed by atoms with Gasteiger partial charge >= 0.3 is 0 Å². The topological polar surface area (TPSA) is 44.5 Å². The van der Waals surface area contributed by atoms with Gasteiger partial charge < -0.3 is 15.2 Å². The Morgan fingerprint density at radius 3 is 2.94 bits per heavy atom. The van der Waals surface area contributed by atoms with E-state index in [1.165, 1.54) is 0 Å². The normalized spacial score (nSPS) is 23.9. The molecule has 0 saturated carbocycles. The monoisotopic (exact) mass is 299 g/mol. The Labute approximate surface area is 110 Å². The molecule has 1 heterocycles. The van der Waals surface area contributed by atoms with Crippen molar-refractivity contribution in [2.45, 2.75) is 38.5 Å². The lowest BCUT2D eigenvalue weighted by Crippen LogP contribution is -2.18. The molecule has 2 unspecified atom stereocenters. The Morgan fingerprint density at radius 2 is 2.29 bits per heavy atom. The molecule has 0 aromatic heterocycles. The van der Waals surface area contributed by atoms with Gasteiger partial charge in [0.2, 0.25) is 0 Å². The number of rotatable bonds is 4. The molecule has 4 heteroatoms. The van der Waals surface area contributed by atoms with Crippen LogP contribution in [-0.4, -0.2) is 18.8 Å². The predicted molar refractivity (Wildman–Crippen MR) is 71.1 cm³/mol. The number of benzene rings is 1. The highest BCUT2D eigenvalue weighted by molar-refractivity contribution is 9.10. The van der Waals surface area contributed by atoms with Gasteiger partial charge in [0.25, 0.3) is 0 Å². The summed E-state index contributed by atoms with van der Waals surface area (Å²) in [6, 6.07) is 5.91. The van der Waals surface area contributed by atoms with E-state index in [0.717, 1.165) is 28.6 Å². The van der Waals surface area contributed by atoms with Crippen molar-refractivity contribution in [2.24, 2.45) is 5.73 Å². The Balaban J connectivity index is 1.98. The minimum Gasteiger partial charge on any atom is -0.489 e. The number of halogens is 1. The molecule has 2 rings (SSSR count). The molecule has 0 bridgehead atoms. The van der Waals surface area contributed by atoms with E-state index in [1.54, 1.807) is 0 Å². The number of ether oxygens (including phenoxy) is 2. The van der Waals surface area contributed by atoms with Crippen molar-refractivity contribution in [1.29, 1.82) is 0 Å². The van der Waals surface area contributed by atoms with E-state index in [1.807, 2.05) is 18.2 Å². The van der Waals surface area contributed by atoms with Crippen LogP contribution in [0.4, 0.5) is 0 Å². The quantitative estimate of drug-likeness (QED) is 0.930. The molecule has 1 aromatic rings. The van der Waals surface area contributed by atoms with Gasteiger partial charge in [-0.3, -0.25) is 0 Å². The van der Waals surface area contributed by atoms with Crippen LogP contribution in [0.25, 0.3) is 0 Å². The van der Waals surface area contributed by atoms with Crippen LogP contribution in [0.5, 0.6) is 5.75 Å². The molecule has 0 radical (unpaired) electrons. The summed E-state index contributed by atoms with van der Waals surface area (Å²) in [5.74, 6) is 0.846. The van der Waals surface area contributed by atoms with Crippen molar-refractivity contribution >= 4 is 15.9 Å². The minimum absolute atomic E-state index is 0.211. The van der Waals surface area contributed by atoms with Crippen molar-refractivity contribution in [3.63, 3.8) is 0 Å². The lowest BCUT2D eigenvalue weighted by Gasteiger charge is -2.16. The smallest absolute Gasteiger partial charge is 0.138 e. The van der Waals surface area contributed by atoms with E-state index in [2.05, 4.69) is 22.9 Å². The van der Waals surface area contributed by atoms with Crippen LogP contribution in [0.15, 0.2) is 22.7 Å². The SMILES string of the molecule is CC1CCC(COc2c(Br)cccc2CN)O1. The zero-order chi connectivity index (χ0) is 12.3. The summed E-state index contributed by atoms with van der Waals surface area (Å²) in [5.41, 5.74) is 6.71. The van der Waals surface area contributed by atoms with Gasteiger partial charge in [-0.25, -0.2) is 0 Å². The number of nitrogens with two attached hydrogens (primary N) is 1. The Hall–Kier alpha value is -0.580. The Bertz CT molecular complexity index is 384. The minimum atomic E-state index is 0.211. The van der Waals surface area contributed by atoms with E-state index < -0.39 is 0 Å².